The van der Waals surface area contributed by atoms with Gasteiger partial charge in [0.2, 0.25) is 0 Å². The first-order valence-corrected chi connectivity index (χ1v) is 9.51. The summed E-state index contributed by atoms with van der Waals surface area (Å²) in [5, 5.41) is 2.49. The van der Waals surface area contributed by atoms with Gasteiger partial charge in [0, 0.05) is 35.1 Å². The molecule has 1 heterocycles. The molecule has 0 N–H and O–H groups in total. The quantitative estimate of drug-likeness (QED) is 0.520. The molecule has 3 rings (SSSR count). The minimum absolute atomic E-state index is 0.898. The van der Waals surface area contributed by atoms with E-state index in [1.54, 1.807) is 0 Å². The van der Waals surface area contributed by atoms with Crippen molar-refractivity contribution < 1.29 is 0 Å². The molecule has 0 atom stereocenters. The van der Waals surface area contributed by atoms with Gasteiger partial charge in [0.25, 0.3) is 0 Å². The minimum Gasteiger partial charge on any atom is -0.292 e. The van der Waals surface area contributed by atoms with Crippen LogP contribution in [0.1, 0.15) is 5.69 Å². The molecular weight excluding hydrogens is 284 g/mol. The Labute approximate surface area is 134 Å². The van der Waals surface area contributed by atoms with Crippen molar-refractivity contribution in [2.75, 3.05) is 6.16 Å². The van der Waals surface area contributed by atoms with Gasteiger partial charge in [0.1, 0.15) is 0 Å². The molecule has 0 bridgehead atoms. The van der Waals surface area contributed by atoms with Gasteiger partial charge >= 0.3 is 0 Å². The lowest BCUT2D eigenvalue weighted by Gasteiger charge is -2.36. The highest BCUT2D eigenvalue weighted by molar-refractivity contribution is 8.08. The number of aryl methyl sites for hydroxylation is 1. The fourth-order valence-electron chi connectivity index (χ4n) is 2.63. The maximum atomic E-state index is 6.97. The van der Waals surface area contributed by atoms with Crippen LogP contribution < -0.4 is 10.6 Å². The van der Waals surface area contributed by atoms with E-state index in [-0.39, 0.29) is 0 Å². The second kappa shape index (κ2) is 6.90. The van der Waals surface area contributed by atoms with Crippen LogP contribution in [0.3, 0.4) is 0 Å². The van der Waals surface area contributed by atoms with Gasteiger partial charge in [-0.1, -0.05) is 42.5 Å². The lowest BCUT2D eigenvalue weighted by molar-refractivity contribution is 1.04. The average molecular weight is 302 g/mol. The van der Waals surface area contributed by atoms with E-state index in [4.69, 9.17) is 7.57 Å². The molecule has 22 heavy (non-hydrogen) atoms. The van der Waals surface area contributed by atoms with Gasteiger partial charge in [0.15, 0.2) is 0 Å². The Morgan fingerprint density at radius 1 is 0.727 bits per heavy atom. The summed E-state index contributed by atoms with van der Waals surface area (Å²) in [6.45, 7) is 0. The summed E-state index contributed by atoms with van der Waals surface area (Å²) in [5.74, 6) is 0. The van der Waals surface area contributed by atoms with E-state index in [1.165, 1.54) is 10.6 Å². The largest absolute Gasteiger partial charge is 0.292 e. The van der Waals surface area contributed by atoms with Gasteiger partial charge in [-0.3, -0.25) is 12.5 Å². The van der Waals surface area contributed by atoms with Crippen LogP contribution in [0.4, 0.5) is 0 Å². The van der Waals surface area contributed by atoms with Crippen molar-refractivity contribution in [2.24, 2.45) is 0 Å². The minimum atomic E-state index is -1.88. The van der Waals surface area contributed by atoms with Crippen LogP contribution in [0, 0.1) is 0 Å². The van der Waals surface area contributed by atoms with E-state index in [1.807, 2.05) is 30.5 Å². The predicted octanol–water partition coefficient (Wildman–Crippen LogP) is 3.38. The molecule has 0 amide bonds. The molecule has 0 unspecified atom stereocenters. The van der Waals surface area contributed by atoms with Crippen LogP contribution >= 0.6 is 7.14 Å². The van der Waals surface area contributed by atoms with Crippen LogP contribution in [0.15, 0.2) is 85.1 Å². The number of pyridine rings is 1. The molecule has 1 aromatic heterocycles. The van der Waals surface area contributed by atoms with Crippen molar-refractivity contribution in [3.63, 3.8) is 0 Å². The first kappa shape index (κ1) is 15.0. The Morgan fingerprint density at radius 3 is 1.77 bits per heavy atom. The average Bonchev–Trinajstić information content (AvgIpc) is 2.62. The standard InChI is InChI=1S/C19H18BNP/c20-22(18-10-3-1-4-11-18,19-12-5-2-6-13-19)16-14-17-9-7-8-15-21-17/h1-13,15H,14,16H2. The van der Waals surface area contributed by atoms with Crippen LogP contribution in [0.25, 0.3) is 0 Å². The number of aromatic nitrogens is 1. The van der Waals surface area contributed by atoms with E-state index in [9.17, 15) is 0 Å². The number of nitrogens with zero attached hydrogens (tertiary/aromatic N) is 1. The summed E-state index contributed by atoms with van der Waals surface area (Å²) in [4.78, 5) is 4.43. The molecule has 1 nitrogen and oxygen atoms in total. The van der Waals surface area contributed by atoms with Gasteiger partial charge < -0.3 is 0 Å². The normalized spacial score (nSPS) is 11.3. The Morgan fingerprint density at radius 2 is 1.27 bits per heavy atom. The molecule has 3 aromatic rings. The first-order chi connectivity index (χ1) is 10.8. The number of hydrogen-bond acceptors (Lipinski definition) is 1. The Kier molecular flexibility index (Phi) is 4.70. The summed E-state index contributed by atoms with van der Waals surface area (Å²) < 4.78 is 0. The molecule has 0 fully saturated rings. The topological polar surface area (TPSA) is 12.9 Å². The summed E-state index contributed by atoms with van der Waals surface area (Å²) in [5.41, 5.74) is 1.10. The molecule has 2 aromatic carbocycles. The van der Waals surface area contributed by atoms with Crippen LogP contribution in [0.2, 0.25) is 0 Å². The lowest BCUT2D eigenvalue weighted by atomic mass is 10.3. The highest BCUT2D eigenvalue weighted by Crippen LogP contribution is 2.51. The van der Waals surface area contributed by atoms with Gasteiger partial charge in [-0.25, -0.2) is 0 Å². The SMILES string of the molecule is [B-][P+](CCc1ccccn1)(c1ccccc1)c1ccccc1. The van der Waals surface area contributed by atoms with Crippen LogP contribution in [0.5, 0.6) is 0 Å². The molecular formula is C19H18BNP. The molecule has 0 aliphatic carbocycles. The third kappa shape index (κ3) is 3.29. The highest BCUT2D eigenvalue weighted by atomic mass is 31.2. The van der Waals surface area contributed by atoms with E-state index in [2.05, 4.69) is 59.6 Å². The molecule has 0 saturated heterocycles. The monoisotopic (exact) mass is 302 g/mol. The molecule has 0 spiro atoms. The molecule has 3 radical (unpaired) electrons. The molecule has 0 saturated carbocycles. The summed E-state index contributed by atoms with van der Waals surface area (Å²) >= 11 is 0. The fraction of sp³-hybridized carbons (Fsp3) is 0.105. The van der Waals surface area contributed by atoms with Crippen molar-refractivity contribution in [1.82, 2.24) is 4.98 Å². The second-order valence-corrected chi connectivity index (χ2v) is 8.55. The van der Waals surface area contributed by atoms with Crippen molar-refractivity contribution in [3.8, 4) is 0 Å². The third-order valence-electron chi connectivity index (χ3n) is 3.88. The Balaban J connectivity index is 1.93. The predicted molar refractivity (Wildman–Crippen MR) is 97.6 cm³/mol. The fourth-order valence-corrected chi connectivity index (χ4v) is 5.44. The van der Waals surface area contributed by atoms with Crippen molar-refractivity contribution in [1.29, 1.82) is 0 Å². The van der Waals surface area contributed by atoms with Crippen molar-refractivity contribution >= 4 is 25.3 Å². The molecule has 0 aliphatic rings. The zero-order chi connectivity index (χ0) is 15.3. The van der Waals surface area contributed by atoms with Crippen LogP contribution in [-0.4, -0.2) is 18.7 Å². The summed E-state index contributed by atoms with van der Waals surface area (Å²) in [7, 11) is 5.09. The number of benzene rings is 2. The summed E-state index contributed by atoms with van der Waals surface area (Å²) in [6.07, 6.45) is 3.67. The van der Waals surface area contributed by atoms with Crippen molar-refractivity contribution in [2.45, 2.75) is 6.42 Å². The van der Waals surface area contributed by atoms with E-state index in [0.717, 1.165) is 18.3 Å². The summed E-state index contributed by atoms with van der Waals surface area (Å²) in [6, 6.07) is 27.0. The maximum Gasteiger partial charge on any atom is 0.0467 e. The van der Waals surface area contributed by atoms with Gasteiger partial charge in [-0.15, -0.1) is 0 Å². The van der Waals surface area contributed by atoms with Gasteiger partial charge in [0.05, 0.1) is 0 Å². The Hall–Kier alpha value is -1.92. The Bertz CT molecular complexity index is 662. The van der Waals surface area contributed by atoms with Crippen molar-refractivity contribution in [3.05, 3.63) is 90.8 Å². The molecule has 0 aliphatic heterocycles. The van der Waals surface area contributed by atoms with E-state index >= 15 is 0 Å². The van der Waals surface area contributed by atoms with Crippen LogP contribution in [-0.2, 0) is 6.42 Å². The number of rotatable bonds is 5. The first-order valence-electron chi connectivity index (χ1n) is 7.47. The maximum absolute atomic E-state index is 6.97. The van der Waals surface area contributed by atoms with E-state index < -0.39 is 7.14 Å². The van der Waals surface area contributed by atoms with Gasteiger partial charge in [-0.2, -0.15) is 7.14 Å². The molecule has 3 heteroatoms. The third-order valence-corrected chi connectivity index (χ3v) is 7.25. The highest BCUT2D eigenvalue weighted by Gasteiger charge is 2.24. The lowest BCUT2D eigenvalue weighted by Crippen LogP contribution is -2.25. The van der Waals surface area contributed by atoms with E-state index in [0.29, 0.717) is 0 Å². The second-order valence-electron chi connectivity index (χ2n) is 5.33. The zero-order valence-corrected chi connectivity index (χ0v) is 13.4. The number of hydrogen-bond donors (Lipinski definition) is 0. The van der Waals surface area contributed by atoms with Gasteiger partial charge in [-0.05, 0) is 36.4 Å². The smallest absolute Gasteiger partial charge is 0.0467 e. The zero-order valence-electron chi connectivity index (χ0n) is 12.5. The molecule has 107 valence electrons.